The van der Waals surface area contributed by atoms with Crippen molar-refractivity contribution in [3.8, 4) is 0 Å². The largest absolute Gasteiger partial charge is 0.466 e. The summed E-state index contributed by atoms with van der Waals surface area (Å²) < 4.78 is 4.87. The summed E-state index contributed by atoms with van der Waals surface area (Å²) >= 11 is 5.91. The molecule has 0 fully saturated rings. The molecule has 0 bridgehead atoms. The van der Waals surface area contributed by atoms with Crippen molar-refractivity contribution in [2.24, 2.45) is 0 Å². The van der Waals surface area contributed by atoms with E-state index in [-0.39, 0.29) is 30.7 Å². The molecule has 0 saturated carbocycles. The van der Waals surface area contributed by atoms with Crippen LogP contribution in [0.15, 0.2) is 24.3 Å². The quantitative estimate of drug-likeness (QED) is 0.733. The maximum atomic E-state index is 12.5. The smallest absolute Gasteiger partial charge is 0.307 e. The lowest BCUT2D eigenvalue weighted by Crippen LogP contribution is -2.39. The molecule has 0 atom stereocenters. The van der Waals surface area contributed by atoms with Crippen LogP contribution in [0.1, 0.15) is 30.6 Å². The molecule has 23 heavy (non-hydrogen) atoms. The van der Waals surface area contributed by atoms with Gasteiger partial charge in [-0.05, 0) is 25.1 Å². The zero-order chi connectivity index (χ0) is 17.2. The summed E-state index contributed by atoms with van der Waals surface area (Å²) in [4.78, 5) is 36.5. The van der Waals surface area contributed by atoms with Crippen molar-refractivity contribution in [2.75, 3.05) is 26.2 Å². The van der Waals surface area contributed by atoms with Gasteiger partial charge in [-0.25, -0.2) is 0 Å². The first-order valence-electron chi connectivity index (χ1n) is 7.39. The molecule has 0 saturated heterocycles. The third-order valence-corrected chi connectivity index (χ3v) is 3.24. The van der Waals surface area contributed by atoms with E-state index in [9.17, 15) is 14.4 Å². The lowest BCUT2D eigenvalue weighted by atomic mass is 10.2. The molecule has 126 valence electrons. The van der Waals surface area contributed by atoms with Gasteiger partial charge in [-0.2, -0.15) is 0 Å². The third-order valence-electron chi connectivity index (χ3n) is 3.01. The Kier molecular flexibility index (Phi) is 8.11. The molecule has 6 nitrogen and oxygen atoms in total. The number of rotatable bonds is 8. The molecule has 0 unspecified atom stereocenters. The van der Waals surface area contributed by atoms with Crippen LogP contribution in [-0.4, -0.2) is 48.9 Å². The standard InChI is InChI=1S/C16H21ClN2O4/c1-3-23-15(21)7-9-19(10-8-18-12(2)20)16(22)13-5-4-6-14(17)11-13/h4-6,11H,3,7-10H2,1-2H3,(H,18,20). The molecule has 0 aliphatic carbocycles. The Morgan fingerprint density at radius 1 is 1.26 bits per heavy atom. The first-order chi connectivity index (χ1) is 10.9. The van der Waals surface area contributed by atoms with E-state index in [4.69, 9.17) is 16.3 Å². The van der Waals surface area contributed by atoms with Crippen molar-refractivity contribution in [3.05, 3.63) is 34.9 Å². The number of halogens is 1. The highest BCUT2D eigenvalue weighted by molar-refractivity contribution is 6.30. The Labute approximate surface area is 140 Å². The van der Waals surface area contributed by atoms with E-state index in [1.165, 1.54) is 11.8 Å². The Hall–Kier alpha value is -2.08. The Morgan fingerprint density at radius 2 is 2.00 bits per heavy atom. The van der Waals surface area contributed by atoms with Crippen LogP contribution in [0.5, 0.6) is 0 Å². The molecule has 1 rings (SSSR count). The predicted molar refractivity (Wildman–Crippen MR) is 87.3 cm³/mol. The van der Waals surface area contributed by atoms with Gasteiger partial charge in [0.15, 0.2) is 0 Å². The number of nitrogens with one attached hydrogen (secondary N) is 1. The predicted octanol–water partition coefficient (Wildman–Crippen LogP) is 1.87. The first-order valence-corrected chi connectivity index (χ1v) is 7.76. The Morgan fingerprint density at radius 3 is 2.61 bits per heavy atom. The Balaban J connectivity index is 2.74. The zero-order valence-electron chi connectivity index (χ0n) is 13.3. The van der Waals surface area contributed by atoms with Crippen LogP contribution in [0, 0.1) is 0 Å². The van der Waals surface area contributed by atoms with E-state index >= 15 is 0 Å². The summed E-state index contributed by atoms with van der Waals surface area (Å²) in [6.45, 7) is 4.25. The van der Waals surface area contributed by atoms with Crippen LogP contribution >= 0.6 is 11.6 Å². The van der Waals surface area contributed by atoms with Gasteiger partial charge >= 0.3 is 5.97 Å². The lowest BCUT2D eigenvalue weighted by Gasteiger charge is -2.22. The molecule has 0 aliphatic rings. The number of hydrogen-bond donors (Lipinski definition) is 1. The van der Waals surface area contributed by atoms with E-state index in [1.54, 1.807) is 31.2 Å². The van der Waals surface area contributed by atoms with E-state index in [0.29, 0.717) is 30.3 Å². The summed E-state index contributed by atoms with van der Waals surface area (Å²) in [5.41, 5.74) is 0.434. The average Bonchev–Trinajstić information content (AvgIpc) is 2.50. The number of benzene rings is 1. The SMILES string of the molecule is CCOC(=O)CCN(CCNC(C)=O)C(=O)c1cccc(Cl)c1. The van der Waals surface area contributed by atoms with Gasteiger partial charge < -0.3 is 15.0 Å². The van der Waals surface area contributed by atoms with Crippen molar-refractivity contribution < 1.29 is 19.1 Å². The minimum Gasteiger partial charge on any atom is -0.466 e. The number of nitrogens with zero attached hydrogens (tertiary/aromatic N) is 1. The summed E-state index contributed by atoms with van der Waals surface area (Å²) in [5, 5.41) is 3.09. The molecule has 1 aromatic rings. The van der Waals surface area contributed by atoms with Crippen molar-refractivity contribution in [1.29, 1.82) is 0 Å². The molecule has 0 aliphatic heterocycles. The van der Waals surface area contributed by atoms with Gasteiger partial charge in [0.05, 0.1) is 13.0 Å². The zero-order valence-corrected chi connectivity index (χ0v) is 14.1. The molecule has 0 spiro atoms. The lowest BCUT2D eigenvalue weighted by molar-refractivity contribution is -0.143. The molecule has 0 radical (unpaired) electrons. The summed E-state index contributed by atoms with van der Waals surface area (Å²) in [7, 11) is 0. The summed E-state index contributed by atoms with van der Waals surface area (Å²) in [6, 6.07) is 6.59. The van der Waals surface area contributed by atoms with E-state index in [1.807, 2.05) is 0 Å². The van der Waals surface area contributed by atoms with Crippen molar-refractivity contribution in [3.63, 3.8) is 0 Å². The summed E-state index contributed by atoms with van der Waals surface area (Å²) in [6.07, 6.45) is 0.0974. The molecule has 0 heterocycles. The fourth-order valence-electron chi connectivity index (χ4n) is 1.95. The van der Waals surface area contributed by atoms with Gasteiger partial charge in [0.2, 0.25) is 5.91 Å². The molecule has 1 N–H and O–H groups in total. The van der Waals surface area contributed by atoms with Gasteiger partial charge in [-0.15, -0.1) is 0 Å². The first kappa shape index (κ1) is 19.0. The van der Waals surface area contributed by atoms with Crippen LogP contribution in [0.3, 0.4) is 0 Å². The number of hydrogen-bond acceptors (Lipinski definition) is 4. The van der Waals surface area contributed by atoms with Crippen LogP contribution in [-0.2, 0) is 14.3 Å². The molecule has 7 heteroatoms. The van der Waals surface area contributed by atoms with Crippen molar-refractivity contribution in [2.45, 2.75) is 20.3 Å². The molecular weight excluding hydrogens is 320 g/mol. The fraction of sp³-hybridized carbons (Fsp3) is 0.438. The number of amides is 2. The second kappa shape index (κ2) is 9.84. The van der Waals surface area contributed by atoms with Crippen molar-refractivity contribution >= 4 is 29.4 Å². The molecule has 0 aromatic heterocycles. The summed E-state index contributed by atoms with van der Waals surface area (Å²) in [5.74, 6) is -0.788. The topological polar surface area (TPSA) is 75.7 Å². The van der Waals surface area contributed by atoms with Crippen molar-refractivity contribution in [1.82, 2.24) is 10.2 Å². The van der Waals surface area contributed by atoms with Crippen LogP contribution in [0.4, 0.5) is 0 Å². The van der Waals surface area contributed by atoms with Gasteiger partial charge in [0, 0.05) is 37.1 Å². The van der Waals surface area contributed by atoms with Gasteiger partial charge in [0.25, 0.3) is 5.91 Å². The van der Waals surface area contributed by atoms with E-state index in [2.05, 4.69) is 5.32 Å². The third kappa shape index (κ3) is 7.15. The number of ether oxygens (including phenoxy) is 1. The van der Waals surface area contributed by atoms with Crippen LogP contribution in [0.2, 0.25) is 5.02 Å². The number of esters is 1. The maximum absolute atomic E-state index is 12.5. The minimum atomic E-state index is -0.365. The highest BCUT2D eigenvalue weighted by Gasteiger charge is 2.17. The Bertz CT molecular complexity index is 563. The average molecular weight is 341 g/mol. The molecular formula is C16H21ClN2O4. The highest BCUT2D eigenvalue weighted by Crippen LogP contribution is 2.13. The fourth-order valence-corrected chi connectivity index (χ4v) is 2.14. The number of carbonyl (C=O) groups is 3. The second-order valence-corrected chi connectivity index (χ2v) is 5.28. The minimum absolute atomic E-state index is 0.0974. The second-order valence-electron chi connectivity index (χ2n) is 4.84. The molecule has 2 amide bonds. The van der Waals surface area contributed by atoms with Gasteiger partial charge in [0.1, 0.15) is 0 Å². The number of carbonyl (C=O) groups excluding carboxylic acids is 3. The maximum Gasteiger partial charge on any atom is 0.307 e. The van der Waals surface area contributed by atoms with Gasteiger partial charge in [-0.3, -0.25) is 14.4 Å². The van der Waals surface area contributed by atoms with E-state index < -0.39 is 0 Å². The monoisotopic (exact) mass is 340 g/mol. The normalized spacial score (nSPS) is 10.0. The molecule has 1 aromatic carbocycles. The highest BCUT2D eigenvalue weighted by atomic mass is 35.5. The van der Waals surface area contributed by atoms with Crippen LogP contribution < -0.4 is 5.32 Å². The van der Waals surface area contributed by atoms with Crippen LogP contribution in [0.25, 0.3) is 0 Å². The van der Waals surface area contributed by atoms with E-state index in [0.717, 1.165) is 0 Å². The van der Waals surface area contributed by atoms with Gasteiger partial charge in [-0.1, -0.05) is 17.7 Å².